The quantitative estimate of drug-likeness (QED) is 0.862. The third kappa shape index (κ3) is 3.55. The lowest BCUT2D eigenvalue weighted by molar-refractivity contribution is 0.245. The van der Waals surface area contributed by atoms with Gasteiger partial charge in [-0.1, -0.05) is 23.7 Å². The number of rotatable bonds is 5. The van der Waals surface area contributed by atoms with Crippen LogP contribution >= 0.6 is 23.1 Å². The van der Waals surface area contributed by atoms with Gasteiger partial charge in [0.15, 0.2) is 16.6 Å². The van der Waals surface area contributed by atoms with Gasteiger partial charge in [-0.2, -0.15) is 4.37 Å². The minimum atomic E-state index is 0.0556. The molecule has 20 heavy (non-hydrogen) atoms. The normalized spacial score (nSPS) is 12.4. The summed E-state index contributed by atoms with van der Waals surface area (Å²) in [5.41, 5.74) is 6.98. The number of aromatic nitrogens is 1. The maximum Gasteiger partial charge on any atom is 0.197 e. The van der Waals surface area contributed by atoms with Crippen LogP contribution < -0.4 is 15.8 Å². The molecule has 3 N–H and O–H groups in total. The minimum absolute atomic E-state index is 0.0556. The van der Waals surface area contributed by atoms with Crippen LogP contribution in [0.1, 0.15) is 32.4 Å². The third-order valence-corrected chi connectivity index (χ3v) is 3.77. The van der Waals surface area contributed by atoms with Gasteiger partial charge < -0.3 is 15.8 Å². The van der Waals surface area contributed by atoms with E-state index >= 15 is 0 Å². The summed E-state index contributed by atoms with van der Waals surface area (Å²) in [5.74, 6) is 1.06. The molecule has 1 unspecified atom stereocenters. The van der Waals surface area contributed by atoms with Crippen molar-refractivity contribution in [3.05, 3.63) is 34.9 Å². The van der Waals surface area contributed by atoms with Gasteiger partial charge in [-0.25, -0.2) is 0 Å². The molecule has 0 radical (unpaired) electrons. The number of hydrogen-bond acceptors (Lipinski definition) is 5. The Morgan fingerprint density at radius 2 is 1.90 bits per heavy atom. The second kappa shape index (κ2) is 6.33. The van der Waals surface area contributed by atoms with Gasteiger partial charge in [0.2, 0.25) is 0 Å². The lowest BCUT2D eigenvalue weighted by atomic mass is 10.1. The van der Waals surface area contributed by atoms with E-state index in [2.05, 4.69) is 16.6 Å². The van der Waals surface area contributed by atoms with Crippen LogP contribution in [0.25, 0.3) is 0 Å². The molecule has 0 aliphatic heterocycles. The highest BCUT2D eigenvalue weighted by atomic mass is 35.5. The Morgan fingerprint density at radius 3 is 2.50 bits per heavy atom. The Balaban J connectivity index is 2.15. The van der Waals surface area contributed by atoms with Crippen LogP contribution in [-0.2, 0) is 0 Å². The van der Waals surface area contributed by atoms with Crippen molar-refractivity contribution in [2.24, 2.45) is 0 Å². The molecule has 0 bridgehead atoms. The van der Waals surface area contributed by atoms with E-state index in [0.29, 0.717) is 11.6 Å². The van der Waals surface area contributed by atoms with Crippen LogP contribution in [0.15, 0.2) is 24.3 Å². The highest BCUT2D eigenvalue weighted by Gasteiger charge is 2.16. The van der Waals surface area contributed by atoms with E-state index < -0.39 is 0 Å². The first-order chi connectivity index (χ1) is 9.47. The van der Waals surface area contributed by atoms with Crippen LogP contribution in [0.2, 0.25) is 5.02 Å². The molecule has 0 amide bonds. The van der Waals surface area contributed by atoms with Crippen molar-refractivity contribution in [2.45, 2.75) is 32.9 Å². The molecule has 1 aromatic carbocycles. The van der Waals surface area contributed by atoms with Crippen LogP contribution in [0, 0.1) is 0 Å². The fourth-order valence-electron chi connectivity index (χ4n) is 1.77. The van der Waals surface area contributed by atoms with Crippen molar-refractivity contribution in [3.8, 4) is 5.75 Å². The Morgan fingerprint density at radius 1 is 1.25 bits per heavy atom. The van der Waals surface area contributed by atoms with E-state index in [0.717, 1.165) is 15.6 Å². The summed E-state index contributed by atoms with van der Waals surface area (Å²) in [7, 11) is 0. The smallest absolute Gasteiger partial charge is 0.197 e. The molecule has 2 aromatic rings. The zero-order valence-corrected chi connectivity index (χ0v) is 13.3. The molecule has 0 spiro atoms. The van der Waals surface area contributed by atoms with E-state index in [9.17, 15) is 0 Å². The monoisotopic (exact) mass is 311 g/mol. The Labute approximate surface area is 128 Å². The molecule has 0 saturated carbocycles. The van der Waals surface area contributed by atoms with Crippen molar-refractivity contribution < 1.29 is 4.74 Å². The average Bonchev–Trinajstić information content (AvgIpc) is 2.71. The molecule has 1 atom stereocenters. The number of halogens is 1. The maximum absolute atomic E-state index is 5.90. The highest BCUT2D eigenvalue weighted by Crippen LogP contribution is 2.38. The largest absolute Gasteiger partial charge is 0.484 e. The third-order valence-electron chi connectivity index (χ3n) is 2.75. The predicted molar refractivity (Wildman–Crippen MR) is 85.8 cm³/mol. The van der Waals surface area contributed by atoms with E-state index in [1.165, 1.54) is 11.5 Å². The lowest BCUT2D eigenvalue weighted by Crippen LogP contribution is -2.10. The molecule has 1 heterocycles. The molecule has 0 saturated heterocycles. The van der Waals surface area contributed by atoms with Gasteiger partial charge in [-0.05, 0) is 50.0 Å². The Bertz CT molecular complexity index is 568. The molecule has 0 aliphatic carbocycles. The van der Waals surface area contributed by atoms with Gasteiger partial charge in [0, 0.05) is 11.1 Å². The molecule has 0 fully saturated rings. The molecule has 108 valence electrons. The van der Waals surface area contributed by atoms with Crippen LogP contribution in [0.5, 0.6) is 5.75 Å². The van der Waals surface area contributed by atoms with Crippen molar-refractivity contribution in [1.29, 1.82) is 0 Å². The zero-order valence-electron chi connectivity index (χ0n) is 11.7. The van der Waals surface area contributed by atoms with Crippen LogP contribution in [0.3, 0.4) is 0 Å². The number of hydrogen-bond donors (Lipinski definition) is 2. The zero-order chi connectivity index (χ0) is 14.7. The molecule has 2 rings (SSSR count). The summed E-state index contributed by atoms with van der Waals surface area (Å²) in [6.07, 6.45) is 0.0556. The molecular formula is C14H18ClN3OS. The number of nitrogens with one attached hydrogen (secondary N) is 1. The topological polar surface area (TPSA) is 60.2 Å². The minimum Gasteiger partial charge on any atom is -0.484 e. The summed E-state index contributed by atoms with van der Waals surface area (Å²) in [4.78, 5) is 0. The first-order valence-electron chi connectivity index (χ1n) is 6.41. The van der Waals surface area contributed by atoms with Crippen molar-refractivity contribution in [1.82, 2.24) is 4.37 Å². The number of anilines is 2. The molecule has 1 aromatic heterocycles. The van der Waals surface area contributed by atoms with Gasteiger partial charge in [-0.15, -0.1) is 0 Å². The van der Waals surface area contributed by atoms with Crippen LogP contribution in [-0.4, -0.2) is 10.5 Å². The van der Waals surface area contributed by atoms with E-state index in [1.54, 1.807) is 0 Å². The van der Waals surface area contributed by atoms with E-state index in [1.807, 2.05) is 38.1 Å². The second-order valence-corrected chi connectivity index (χ2v) is 6.02. The van der Waals surface area contributed by atoms with Gasteiger partial charge in [0.25, 0.3) is 0 Å². The fourth-order valence-corrected chi connectivity index (χ4v) is 2.63. The van der Waals surface area contributed by atoms with Gasteiger partial charge in [-0.3, -0.25) is 0 Å². The highest BCUT2D eigenvalue weighted by molar-refractivity contribution is 7.11. The fraction of sp³-hybridized carbons (Fsp3) is 0.357. The first kappa shape index (κ1) is 14.9. The number of nitrogen functional groups attached to an aromatic ring is 1. The van der Waals surface area contributed by atoms with Crippen molar-refractivity contribution >= 4 is 34.0 Å². The van der Waals surface area contributed by atoms with Gasteiger partial charge in [0.1, 0.15) is 0 Å². The molecule has 0 aliphatic rings. The predicted octanol–water partition coefficient (Wildman–Crippen LogP) is 4.34. The number of nitrogens with two attached hydrogens (primary N) is 1. The second-order valence-electron chi connectivity index (χ2n) is 4.81. The molecular weight excluding hydrogens is 294 g/mol. The SMILES string of the molecule is CC(C)Oc1c(N)nsc1NC(C)c1ccc(Cl)cc1. The summed E-state index contributed by atoms with van der Waals surface area (Å²) < 4.78 is 9.85. The van der Waals surface area contributed by atoms with Crippen molar-refractivity contribution in [3.63, 3.8) is 0 Å². The summed E-state index contributed by atoms with van der Waals surface area (Å²) in [6, 6.07) is 7.85. The summed E-state index contributed by atoms with van der Waals surface area (Å²) >= 11 is 7.20. The summed E-state index contributed by atoms with van der Waals surface area (Å²) in [6.45, 7) is 5.99. The number of ether oxygens (including phenoxy) is 1. The lowest BCUT2D eigenvalue weighted by Gasteiger charge is -2.16. The Hall–Kier alpha value is -1.46. The molecule has 6 heteroatoms. The average molecular weight is 312 g/mol. The van der Waals surface area contributed by atoms with E-state index in [4.69, 9.17) is 22.1 Å². The van der Waals surface area contributed by atoms with Crippen LogP contribution in [0.4, 0.5) is 10.8 Å². The van der Waals surface area contributed by atoms with E-state index in [-0.39, 0.29) is 12.1 Å². The number of benzene rings is 1. The molecule has 4 nitrogen and oxygen atoms in total. The van der Waals surface area contributed by atoms with Gasteiger partial charge >= 0.3 is 0 Å². The van der Waals surface area contributed by atoms with Gasteiger partial charge in [0.05, 0.1) is 6.10 Å². The summed E-state index contributed by atoms with van der Waals surface area (Å²) in [5, 5.41) is 4.95. The van der Waals surface area contributed by atoms with Crippen molar-refractivity contribution in [2.75, 3.05) is 11.1 Å². The standard InChI is InChI=1S/C14H18ClN3OS/c1-8(2)19-12-13(16)18-20-14(12)17-9(3)10-4-6-11(15)7-5-10/h4-9,17H,1-3H3,(H2,16,18). The number of nitrogens with zero attached hydrogens (tertiary/aromatic N) is 1. The Kier molecular flexibility index (Phi) is 4.73. The first-order valence-corrected chi connectivity index (χ1v) is 7.56. The maximum atomic E-state index is 5.90.